The Kier molecular flexibility index (Phi) is 10.1. The minimum atomic E-state index is -1.15. The third-order valence-electron chi connectivity index (χ3n) is 5.68. The summed E-state index contributed by atoms with van der Waals surface area (Å²) in [4.78, 5) is 50.4. The molecular formula is C31H23ClFN3O5S. The molecule has 0 aliphatic rings. The number of halogens is 2. The molecule has 0 heterocycles. The van der Waals surface area contributed by atoms with Gasteiger partial charge in [-0.25, -0.2) is 9.18 Å². The number of amides is 3. The molecule has 0 aromatic heterocycles. The molecule has 8 nitrogen and oxygen atoms in total. The fourth-order valence-electron chi connectivity index (χ4n) is 3.64. The van der Waals surface area contributed by atoms with Crippen molar-refractivity contribution in [2.24, 2.45) is 0 Å². The number of benzene rings is 4. The van der Waals surface area contributed by atoms with Gasteiger partial charge in [-0.2, -0.15) is 0 Å². The number of carboxylic acid groups (broad SMARTS) is 1. The van der Waals surface area contributed by atoms with Crippen LogP contribution in [0.25, 0.3) is 6.08 Å². The van der Waals surface area contributed by atoms with E-state index in [9.17, 15) is 23.6 Å². The third-order valence-corrected chi connectivity index (χ3v) is 7.01. The van der Waals surface area contributed by atoms with Crippen molar-refractivity contribution in [3.63, 3.8) is 0 Å². The lowest BCUT2D eigenvalue weighted by Gasteiger charge is -2.12. The van der Waals surface area contributed by atoms with Gasteiger partial charge in [0, 0.05) is 21.7 Å². The lowest BCUT2D eigenvalue weighted by atomic mass is 10.1. The highest BCUT2D eigenvalue weighted by molar-refractivity contribution is 8.00. The molecule has 0 saturated carbocycles. The van der Waals surface area contributed by atoms with Crippen molar-refractivity contribution in [2.45, 2.75) is 4.90 Å². The fraction of sp³-hybridized carbons (Fsp3) is 0.0323. The summed E-state index contributed by atoms with van der Waals surface area (Å²) >= 11 is 7.25. The molecule has 0 unspecified atom stereocenters. The molecule has 11 heteroatoms. The lowest BCUT2D eigenvalue weighted by Crippen LogP contribution is -2.30. The maximum Gasteiger partial charge on any atom is 0.335 e. The number of aromatic carboxylic acids is 1. The van der Waals surface area contributed by atoms with Crippen LogP contribution >= 0.6 is 23.4 Å². The zero-order valence-electron chi connectivity index (χ0n) is 21.8. The van der Waals surface area contributed by atoms with E-state index in [1.165, 1.54) is 54.2 Å². The Morgan fingerprint density at radius 2 is 1.57 bits per heavy atom. The van der Waals surface area contributed by atoms with Crippen molar-refractivity contribution in [2.75, 3.05) is 16.4 Å². The second-order valence-corrected chi connectivity index (χ2v) is 10.2. The Balaban J connectivity index is 1.45. The van der Waals surface area contributed by atoms with Crippen molar-refractivity contribution < 1.29 is 28.7 Å². The molecule has 4 aromatic rings. The van der Waals surface area contributed by atoms with Crippen molar-refractivity contribution in [1.29, 1.82) is 0 Å². The molecule has 0 spiro atoms. The van der Waals surface area contributed by atoms with Crippen molar-refractivity contribution in [3.05, 3.63) is 130 Å². The first-order valence-electron chi connectivity index (χ1n) is 12.4. The number of carbonyl (C=O) groups is 4. The van der Waals surface area contributed by atoms with E-state index in [4.69, 9.17) is 16.7 Å². The van der Waals surface area contributed by atoms with Gasteiger partial charge in [-0.05, 0) is 60.7 Å². The first kappa shape index (κ1) is 30.0. The summed E-state index contributed by atoms with van der Waals surface area (Å²) in [5, 5.41) is 17.2. The van der Waals surface area contributed by atoms with Crippen molar-refractivity contribution >= 4 is 64.5 Å². The van der Waals surface area contributed by atoms with Crippen LogP contribution in [0.5, 0.6) is 0 Å². The zero-order chi connectivity index (χ0) is 30.1. The van der Waals surface area contributed by atoms with Crippen LogP contribution in [0, 0.1) is 5.82 Å². The number of rotatable bonds is 10. The minimum Gasteiger partial charge on any atom is -0.478 e. The maximum absolute atomic E-state index is 14.4. The average Bonchev–Trinajstić information content (AvgIpc) is 2.98. The summed E-state index contributed by atoms with van der Waals surface area (Å²) in [7, 11) is 0. The van der Waals surface area contributed by atoms with E-state index in [-0.39, 0.29) is 33.3 Å². The second kappa shape index (κ2) is 14.1. The van der Waals surface area contributed by atoms with Crippen molar-refractivity contribution in [1.82, 2.24) is 5.32 Å². The third kappa shape index (κ3) is 8.29. The molecule has 42 heavy (non-hydrogen) atoms. The van der Waals surface area contributed by atoms with Crippen LogP contribution in [0.15, 0.2) is 108 Å². The molecule has 4 N–H and O–H groups in total. The van der Waals surface area contributed by atoms with Gasteiger partial charge in [-0.3, -0.25) is 14.4 Å². The van der Waals surface area contributed by atoms with Gasteiger partial charge >= 0.3 is 5.97 Å². The summed E-state index contributed by atoms with van der Waals surface area (Å²) in [6.45, 7) is 0. The van der Waals surface area contributed by atoms with E-state index < -0.39 is 29.5 Å². The van der Waals surface area contributed by atoms with Gasteiger partial charge in [-0.1, -0.05) is 54.1 Å². The monoisotopic (exact) mass is 603 g/mol. The van der Waals surface area contributed by atoms with Gasteiger partial charge in [0.1, 0.15) is 11.5 Å². The molecule has 0 saturated heterocycles. The first-order valence-corrected chi connectivity index (χ1v) is 13.8. The Morgan fingerprint density at radius 1 is 0.833 bits per heavy atom. The highest BCUT2D eigenvalue weighted by atomic mass is 35.5. The molecule has 0 aliphatic heterocycles. The Morgan fingerprint density at radius 3 is 2.31 bits per heavy atom. The summed E-state index contributed by atoms with van der Waals surface area (Å²) < 4.78 is 14.4. The summed E-state index contributed by atoms with van der Waals surface area (Å²) in [5.74, 6) is -3.40. The highest BCUT2D eigenvalue weighted by Gasteiger charge is 2.17. The fourth-order valence-corrected chi connectivity index (χ4v) is 4.56. The number of thioether (sulfide) groups is 1. The summed E-state index contributed by atoms with van der Waals surface area (Å²) in [6.07, 6.45) is 1.25. The molecular weight excluding hydrogens is 581 g/mol. The molecule has 4 aromatic carbocycles. The van der Waals surface area contributed by atoms with Crippen LogP contribution in [-0.2, 0) is 9.59 Å². The quantitative estimate of drug-likeness (QED) is 0.124. The van der Waals surface area contributed by atoms with Crippen LogP contribution in [0.1, 0.15) is 26.3 Å². The number of carbonyl (C=O) groups excluding carboxylic acids is 3. The van der Waals surface area contributed by atoms with E-state index in [2.05, 4.69) is 16.0 Å². The minimum absolute atomic E-state index is 0.0193. The number of hydrogen-bond acceptors (Lipinski definition) is 5. The predicted molar refractivity (Wildman–Crippen MR) is 161 cm³/mol. The van der Waals surface area contributed by atoms with Crippen LogP contribution in [0.2, 0.25) is 5.02 Å². The number of carboxylic acids is 1. The topological polar surface area (TPSA) is 125 Å². The Bertz CT molecular complexity index is 1680. The molecule has 3 amide bonds. The van der Waals surface area contributed by atoms with Gasteiger partial charge in [0.05, 0.1) is 22.0 Å². The zero-order valence-corrected chi connectivity index (χ0v) is 23.3. The lowest BCUT2D eigenvalue weighted by molar-refractivity contribution is -0.114. The standard InChI is InChI=1S/C31H23ClFN3O5S/c32-24-14-13-21(31(40)41)16-26(24)35-28(37)18-42-23-11-6-10-22(17-23)34-30(39)27(15-20-9-4-5-12-25(20)33)36-29(38)19-7-2-1-3-8-19/h1-17H,18H2,(H,34,39)(H,35,37)(H,36,38)(H,40,41)/b27-15-. The highest BCUT2D eigenvalue weighted by Crippen LogP contribution is 2.25. The van der Waals surface area contributed by atoms with E-state index in [1.54, 1.807) is 60.7 Å². The van der Waals surface area contributed by atoms with Gasteiger partial charge in [-0.15, -0.1) is 11.8 Å². The predicted octanol–water partition coefficient (Wildman–Crippen LogP) is 6.32. The molecule has 4 rings (SSSR count). The van der Waals surface area contributed by atoms with E-state index >= 15 is 0 Å². The van der Waals surface area contributed by atoms with Crippen LogP contribution in [-0.4, -0.2) is 34.6 Å². The second-order valence-electron chi connectivity index (χ2n) is 8.72. The van der Waals surface area contributed by atoms with E-state index in [1.807, 2.05) is 0 Å². The Hall–Kier alpha value is -4.93. The van der Waals surface area contributed by atoms with Gasteiger partial charge < -0.3 is 21.1 Å². The number of anilines is 2. The molecule has 0 atom stereocenters. The molecule has 0 bridgehead atoms. The molecule has 212 valence electrons. The van der Waals surface area contributed by atoms with Gasteiger partial charge in [0.15, 0.2) is 0 Å². The smallest absolute Gasteiger partial charge is 0.335 e. The van der Waals surface area contributed by atoms with Crippen LogP contribution < -0.4 is 16.0 Å². The summed E-state index contributed by atoms with van der Waals surface area (Å²) in [6, 6.07) is 24.8. The van der Waals surface area contributed by atoms with E-state index in [0.717, 1.165) is 0 Å². The van der Waals surface area contributed by atoms with Gasteiger partial charge in [0.2, 0.25) is 5.91 Å². The van der Waals surface area contributed by atoms with Crippen molar-refractivity contribution in [3.8, 4) is 0 Å². The number of nitrogens with one attached hydrogen (secondary N) is 3. The first-order chi connectivity index (χ1) is 20.2. The SMILES string of the molecule is O=C(CSc1cccc(NC(=O)/C(=C/c2ccccc2F)NC(=O)c2ccccc2)c1)Nc1cc(C(=O)O)ccc1Cl. The average molecular weight is 604 g/mol. The number of hydrogen-bond donors (Lipinski definition) is 4. The normalized spacial score (nSPS) is 11.0. The summed E-state index contributed by atoms with van der Waals surface area (Å²) in [5.41, 5.74) is 0.782. The maximum atomic E-state index is 14.4. The van der Waals surface area contributed by atoms with Crippen LogP contribution in [0.4, 0.5) is 15.8 Å². The van der Waals surface area contributed by atoms with E-state index in [0.29, 0.717) is 16.1 Å². The van der Waals surface area contributed by atoms with Crippen LogP contribution in [0.3, 0.4) is 0 Å². The molecule has 0 fully saturated rings. The Labute approximate surface area is 249 Å². The van der Waals surface area contributed by atoms with Gasteiger partial charge in [0.25, 0.3) is 11.8 Å². The molecule has 0 aliphatic carbocycles. The molecule has 0 radical (unpaired) electrons. The largest absolute Gasteiger partial charge is 0.478 e.